The van der Waals surface area contributed by atoms with E-state index in [0.29, 0.717) is 6.42 Å². The average Bonchev–Trinajstić information content (AvgIpc) is 3.07. The number of para-hydroxylation sites is 1. The van der Waals surface area contributed by atoms with Crippen molar-refractivity contribution in [3.63, 3.8) is 0 Å². The molecular weight excluding hydrogens is 290 g/mol. The Hall–Kier alpha value is -2.30. The van der Waals surface area contributed by atoms with Crippen LogP contribution >= 0.6 is 0 Å². The highest BCUT2D eigenvalue weighted by Gasteiger charge is 2.46. The van der Waals surface area contributed by atoms with Crippen LogP contribution in [0.2, 0.25) is 0 Å². The van der Waals surface area contributed by atoms with Crippen LogP contribution in [-0.2, 0) is 23.1 Å². The van der Waals surface area contributed by atoms with E-state index in [1.54, 1.807) is 4.90 Å². The van der Waals surface area contributed by atoms with Gasteiger partial charge in [0.25, 0.3) is 0 Å². The third kappa shape index (κ3) is 2.14. The molecular formula is C18H21N3O2. The normalized spacial score (nSPS) is 27.4. The van der Waals surface area contributed by atoms with Gasteiger partial charge in [0.15, 0.2) is 0 Å². The van der Waals surface area contributed by atoms with Crippen LogP contribution < -0.4 is 5.32 Å². The number of amides is 2. The maximum atomic E-state index is 12.8. The maximum Gasteiger partial charge on any atom is 0.246 e. The first-order chi connectivity index (χ1) is 11.1. The van der Waals surface area contributed by atoms with Crippen LogP contribution in [0, 0.1) is 0 Å². The van der Waals surface area contributed by atoms with E-state index in [-0.39, 0.29) is 23.9 Å². The maximum absolute atomic E-state index is 12.8. The molecule has 1 aromatic heterocycles. The lowest BCUT2D eigenvalue weighted by molar-refractivity contribution is -0.148. The van der Waals surface area contributed by atoms with E-state index in [2.05, 4.69) is 28.2 Å². The third-order valence-electron chi connectivity index (χ3n) is 5.24. The summed E-state index contributed by atoms with van der Waals surface area (Å²) in [6, 6.07) is 7.60. The fourth-order valence-corrected chi connectivity index (χ4v) is 4.07. The van der Waals surface area contributed by atoms with Crippen molar-refractivity contribution in [2.24, 2.45) is 7.05 Å². The Labute approximate surface area is 135 Å². The number of carbonyl (C=O) groups excluding carboxylic acids is 2. The van der Waals surface area contributed by atoms with Crippen molar-refractivity contribution in [3.8, 4) is 0 Å². The molecule has 2 fully saturated rings. The predicted octanol–water partition coefficient (Wildman–Crippen LogP) is 1.60. The first-order valence-corrected chi connectivity index (χ1v) is 8.21. The van der Waals surface area contributed by atoms with Gasteiger partial charge in [0.1, 0.15) is 12.1 Å². The molecule has 2 saturated heterocycles. The van der Waals surface area contributed by atoms with Gasteiger partial charge in [0.05, 0.1) is 0 Å². The van der Waals surface area contributed by atoms with Crippen LogP contribution in [0.5, 0.6) is 0 Å². The summed E-state index contributed by atoms with van der Waals surface area (Å²) in [6.07, 6.45) is 4.29. The first-order valence-electron chi connectivity index (χ1n) is 8.21. The molecule has 2 aliphatic heterocycles. The molecule has 2 aromatic rings. The number of fused-ring (bicyclic) bond motifs is 2. The van der Waals surface area contributed by atoms with E-state index in [1.165, 1.54) is 0 Å². The second-order valence-corrected chi connectivity index (χ2v) is 6.74. The Kier molecular flexibility index (Phi) is 3.18. The van der Waals surface area contributed by atoms with Gasteiger partial charge in [-0.1, -0.05) is 18.2 Å². The van der Waals surface area contributed by atoms with Gasteiger partial charge in [-0.15, -0.1) is 0 Å². The van der Waals surface area contributed by atoms with Gasteiger partial charge in [0, 0.05) is 36.6 Å². The second kappa shape index (κ2) is 5.11. The summed E-state index contributed by atoms with van der Waals surface area (Å²) < 4.78 is 2.07. The van der Waals surface area contributed by atoms with Crippen LogP contribution in [0.15, 0.2) is 30.5 Å². The topological polar surface area (TPSA) is 54.3 Å². The molecule has 0 radical (unpaired) electrons. The van der Waals surface area contributed by atoms with Crippen LogP contribution in [-0.4, -0.2) is 39.4 Å². The number of nitrogens with one attached hydrogen (secondary N) is 1. The van der Waals surface area contributed by atoms with Gasteiger partial charge in [-0.25, -0.2) is 0 Å². The molecule has 0 saturated carbocycles. The summed E-state index contributed by atoms with van der Waals surface area (Å²) in [5.74, 6) is 0.0618. The predicted molar refractivity (Wildman–Crippen MR) is 87.9 cm³/mol. The number of nitrogens with zero attached hydrogens (tertiary/aromatic N) is 2. The molecule has 1 N–H and O–H groups in total. The van der Waals surface area contributed by atoms with Gasteiger partial charge in [0.2, 0.25) is 11.8 Å². The fourth-order valence-electron chi connectivity index (χ4n) is 4.07. The summed E-state index contributed by atoms with van der Waals surface area (Å²) in [5.41, 5.74) is 2.25. The van der Waals surface area contributed by atoms with Crippen molar-refractivity contribution in [3.05, 3.63) is 36.0 Å². The minimum absolute atomic E-state index is 0.000753. The van der Waals surface area contributed by atoms with E-state index in [4.69, 9.17) is 0 Å². The van der Waals surface area contributed by atoms with Gasteiger partial charge >= 0.3 is 0 Å². The van der Waals surface area contributed by atoms with E-state index < -0.39 is 6.04 Å². The molecule has 0 bridgehead atoms. The molecule has 4 rings (SSSR count). The summed E-state index contributed by atoms with van der Waals surface area (Å²) in [4.78, 5) is 26.9. The zero-order valence-electron chi connectivity index (χ0n) is 13.5. The Morgan fingerprint density at radius 2 is 2.00 bits per heavy atom. The molecule has 0 aliphatic carbocycles. The number of hydrogen-bond acceptors (Lipinski definition) is 2. The van der Waals surface area contributed by atoms with Crippen molar-refractivity contribution in [1.82, 2.24) is 14.8 Å². The molecule has 3 atom stereocenters. The third-order valence-corrected chi connectivity index (χ3v) is 5.24. The van der Waals surface area contributed by atoms with Crippen molar-refractivity contribution in [2.75, 3.05) is 0 Å². The lowest BCUT2D eigenvalue weighted by Crippen LogP contribution is -2.63. The number of aromatic nitrogens is 1. The highest BCUT2D eigenvalue weighted by atomic mass is 16.2. The van der Waals surface area contributed by atoms with E-state index in [1.807, 2.05) is 26.1 Å². The standard InChI is InChI=1S/C18H21N3O2/c1-11-7-8-16-17(22)19-14(18(23)21(11)16)9-12-10-20(2)15-6-4-3-5-13(12)15/h3-6,10-11,14,16H,7-9H2,1-2H3,(H,19,22)/t11-,14+,16+/m1/s1. The summed E-state index contributed by atoms with van der Waals surface area (Å²) >= 11 is 0. The zero-order chi connectivity index (χ0) is 16.1. The van der Waals surface area contributed by atoms with Crippen molar-refractivity contribution >= 4 is 22.7 Å². The van der Waals surface area contributed by atoms with Crippen LogP contribution in [0.1, 0.15) is 25.3 Å². The Morgan fingerprint density at radius 3 is 2.83 bits per heavy atom. The summed E-state index contributed by atoms with van der Waals surface area (Å²) in [5, 5.41) is 4.09. The number of rotatable bonds is 2. The lowest BCUT2D eigenvalue weighted by atomic mass is 10.0. The van der Waals surface area contributed by atoms with Crippen molar-refractivity contribution < 1.29 is 9.59 Å². The number of benzene rings is 1. The average molecular weight is 311 g/mol. The second-order valence-electron chi connectivity index (χ2n) is 6.74. The SMILES string of the molecule is C[C@@H]1CC[C@H]2C(=O)N[C@@H](Cc3cn(C)c4ccccc34)C(=O)N12. The van der Waals surface area contributed by atoms with E-state index in [9.17, 15) is 9.59 Å². The van der Waals surface area contributed by atoms with Gasteiger partial charge < -0.3 is 14.8 Å². The Balaban J connectivity index is 1.65. The molecule has 5 heteroatoms. The van der Waals surface area contributed by atoms with Crippen LogP contribution in [0.25, 0.3) is 10.9 Å². The molecule has 0 unspecified atom stereocenters. The fraction of sp³-hybridized carbons (Fsp3) is 0.444. The molecule has 5 nitrogen and oxygen atoms in total. The molecule has 3 heterocycles. The molecule has 2 amide bonds. The quantitative estimate of drug-likeness (QED) is 0.916. The van der Waals surface area contributed by atoms with Gasteiger partial charge in [-0.2, -0.15) is 0 Å². The van der Waals surface area contributed by atoms with E-state index >= 15 is 0 Å². The first kappa shape index (κ1) is 14.3. The monoisotopic (exact) mass is 311 g/mol. The number of piperazine rings is 1. The van der Waals surface area contributed by atoms with Crippen molar-refractivity contribution in [2.45, 2.75) is 44.3 Å². The molecule has 23 heavy (non-hydrogen) atoms. The smallest absolute Gasteiger partial charge is 0.246 e. The minimum atomic E-state index is -0.454. The number of carbonyl (C=O) groups is 2. The van der Waals surface area contributed by atoms with Gasteiger partial charge in [-0.3, -0.25) is 9.59 Å². The Morgan fingerprint density at radius 1 is 1.22 bits per heavy atom. The number of aryl methyl sites for hydroxylation is 1. The molecule has 1 aromatic carbocycles. The highest BCUT2D eigenvalue weighted by Crippen LogP contribution is 2.29. The van der Waals surface area contributed by atoms with E-state index in [0.717, 1.165) is 29.3 Å². The molecule has 0 spiro atoms. The van der Waals surface area contributed by atoms with Crippen LogP contribution in [0.3, 0.4) is 0 Å². The summed E-state index contributed by atoms with van der Waals surface area (Å²) in [6.45, 7) is 2.03. The molecule has 120 valence electrons. The van der Waals surface area contributed by atoms with Crippen LogP contribution in [0.4, 0.5) is 0 Å². The lowest BCUT2D eigenvalue weighted by Gasteiger charge is -2.37. The summed E-state index contributed by atoms with van der Waals surface area (Å²) in [7, 11) is 2.01. The zero-order valence-corrected chi connectivity index (χ0v) is 13.5. The van der Waals surface area contributed by atoms with Gasteiger partial charge in [-0.05, 0) is 31.4 Å². The Bertz CT molecular complexity index is 795. The largest absolute Gasteiger partial charge is 0.350 e. The highest BCUT2D eigenvalue weighted by molar-refractivity contribution is 5.98. The molecule has 2 aliphatic rings. The van der Waals surface area contributed by atoms with Crippen molar-refractivity contribution in [1.29, 1.82) is 0 Å². The minimum Gasteiger partial charge on any atom is -0.350 e. The number of hydrogen-bond donors (Lipinski definition) is 1.